The topological polar surface area (TPSA) is 78.6 Å². The molecule has 2 rings (SSSR count). The van der Waals surface area contributed by atoms with Crippen LogP contribution >= 0.6 is 0 Å². The summed E-state index contributed by atoms with van der Waals surface area (Å²) in [5.41, 5.74) is 7.36. The predicted molar refractivity (Wildman–Crippen MR) is 78.4 cm³/mol. The van der Waals surface area contributed by atoms with Crippen LogP contribution in [0.3, 0.4) is 0 Å². The van der Waals surface area contributed by atoms with E-state index in [2.05, 4.69) is 4.74 Å². The lowest BCUT2D eigenvalue weighted by atomic mass is 10.1. The van der Waals surface area contributed by atoms with Crippen molar-refractivity contribution in [1.29, 1.82) is 0 Å². The third-order valence-corrected chi connectivity index (χ3v) is 2.95. The van der Waals surface area contributed by atoms with Crippen molar-refractivity contribution in [2.45, 2.75) is 6.61 Å². The first-order valence-corrected chi connectivity index (χ1v) is 6.29. The SMILES string of the molecule is COC(=O)c1cc(C=O)c(OCc2ccccc2)cc1N. The Morgan fingerprint density at radius 2 is 1.95 bits per heavy atom. The van der Waals surface area contributed by atoms with Gasteiger partial charge in [-0.1, -0.05) is 30.3 Å². The summed E-state index contributed by atoms with van der Waals surface area (Å²) in [5, 5.41) is 0. The molecule has 108 valence electrons. The molecular weight excluding hydrogens is 270 g/mol. The highest BCUT2D eigenvalue weighted by Gasteiger charge is 2.15. The van der Waals surface area contributed by atoms with Gasteiger partial charge in [-0.15, -0.1) is 0 Å². The largest absolute Gasteiger partial charge is 0.488 e. The van der Waals surface area contributed by atoms with Crippen LogP contribution in [0.25, 0.3) is 0 Å². The molecule has 0 saturated heterocycles. The fraction of sp³-hybridized carbons (Fsp3) is 0.125. The van der Waals surface area contributed by atoms with Crippen LogP contribution in [-0.2, 0) is 11.3 Å². The van der Waals surface area contributed by atoms with Gasteiger partial charge in [0.1, 0.15) is 12.4 Å². The molecular formula is C16H15NO4. The molecule has 5 nitrogen and oxygen atoms in total. The van der Waals surface area contributed by atoms with Gasteiger partial charge in [0.25, 0.3) is 0 Å². The Morgan fingerprint density at radius 1 is 1.24 bits per heavy atom. The zero-order valence-electron chi connectivity index (χ0n) is 11.5. The second-order valence-corrected chi connectivity index (χ2v) is 4.36. The average molecular weight is 285 g/mol. The van der Waals surface area contributed by atoms with Crippen LogP contribution in [0.15, 0.2) is 42.5 Å². The predicted octanol–water partition coefficient (Wildman–Crippen LogP) is 2.45. The number of hydrogen-bond donors (Lipinski definition) is 1. The standard InChI is InChI=1S/C16H15NO4/c1-20-16(19)13-7-12(9-18)15(8-14(13)17)21-10-11-5-3-2-4-6-11/h2-9H,10,17H2,1H3. The van der Waals surface area contributed by atoms with E-state index in [4.69, 9.17) is 10.5 Å². The first-order valence-electron chi connectivity index (χ1n) is 6.29. The molecule has 0 atom stereocenters. The molecule has 0 aliphatic heterocycles. The summed E-state index contributed by atoms with van der Waals surface area (Å²) in [4.78, 5) is 22.7. The Labute approximate surface area is 122 Å². The van der Waals surface area contributed by atoms with E-state index in [0.29, 0.717) is 18.6 Å². The summed E-state index contributed by atoms with van der Waals surface area (Å²) in [6.45, 7) is 0.304. The average Bonchev–Trinajstić information content (AvgIpc) is 2.53. The molecule has 2 aromatic carbocycles. The maximum atomic E-state index is 11.5. The lowest BCUT2D eigenvalue weighted by Gasteiger charge is -2.11. The van der Waals surface area contributed by atoms with Gasteiger partial charge >= 0.3 is 5.97 Å². The fourth-order valence-electron chi connectivity index (χ4n) is 1.85. The van der Waals surface area contributed by atoms with Gasteiger partial charge in [0.15, 0.2) is 6.29 Å². The van der Waals surface area contributed by atoms with Crippen LogP contribution in [0.5, 0.6) is 5.75 Å². The third-order valence-electron chi connectivity index (χ3n) is 2.95. The minimum atomic E-state index is -0.592. The number of benzene rings is 2. The summed E-state index contributed by atoms with van der Waals surface area (Å²) >= 11 is 0. The van der Waals surface area contributed by atoms with Crippen molar-refractivity contribution in [3.05, 3.63) is 59.2 Å². The minimum absolute atomic E-state index is 0.145. The number of rotatable bonds is 5. The van der Waals surface area contributed by atoms with Gasteiger partial charge in [-0.3, -0.25) is 4.79 Å². The van der Waals surface area contributed by atoms with Gasteiger partial charge in [-0.2, -0.15) is 0 Å². The molecule has 0 aliphatic rings. The van der Waals surface area contributed by atoms with E-state index in [9.17, 15) is 9.59 Å². The van der Waals surface area contributed by atoms with Crippen molar-refractivity contribution in [3.63, 3.8) is 0 Å². The fourth-order valence-corrected chi connectivity index (χ4v) is 1.85. The normalized spacial score (nSPS) is 9.95. The van der Waals surface area contributed by atoms with Crippen LogP contribution in [-0.4, -0.2) is 19.4 Å². The number of ether oxygens (including phenoxy) is 2. The Morgan fingerprint density at radius 3 is 2.57 bits per heavy atom. The van der Waals surface area contributed by atoms with E-state index in [-0.39, 0.29) is 16.8 Å². The molecule has 0 bridgehead atoms. The number of carbonyl (C=O) groups is 2. The maximum Gasteiger partial charge on any atom is 0.339 e. The van der Waals surface area contributed by atoms with E-state index in [0.717, 1.165) is 5.56 Å². The van der Waals surface area contributed by atoms with Gasteiger partial charge < -0.3 is 15.2 Å². The highest BCUT2D eigenvalue weighted by atomic mass is 16.5. The summed E-state index contributed by atoms with van der Waals surface area (Å²) in [6, 6.07) is 12.3. The van der Waals surface area contributed by atoms with Gasteiger partial charge in [-0.05, 0) is 11.6 Å². The van der Waals surface area contributed by atoms with Crippen LogP contribution < -0.4 is 10.5 Å². The highest BCUT2D eigenvalue weighted by molar-refractivity contribution is 5.98. The quantitative estimate of drug-likeness (QED) is 0.518. The lowest BCUT2D eigenvalue weighted by Crippen LogP contribution is -2.08. The van der Waals surface area contributed by atoms with Gasteiger partial charge in [-0.25, -0.2) is 4.79 Å². The van der Waals surface area contributed by atoms with Crippen LogP contribution in [0.1, 0.15) is 26.3 Å². The zero-order chi connectivity index (χ0) is 15.2. The number of anilines is 1. The van der Waals surface area contributed by atoms with Crippen molar-refractivity contribution >= 4 is 17.9 Å². The molecule has 0 saturated carbocycles. The first-order chi connectivity index (χ1) is 10.2. The number of methoxy groups -OCH3 is 1. The summed E-state index contributed by atoms with van der Waals surface area (Å²) < 4.78 is 10.2. The van der Waals surface area contributed by atoms with Crippen molar-refractivity contribution in [2.24, 2.45) is 0 Å². The van der Waals surface area contributed by atoms with E-state index in [1.165, 1.54) is 19.2 Å². The molecule has 0 radical (unpaired) electrons. The van der Waals surface area contributed by atoms with E-state index < -0.39 is 5.97 Å². The zero-order valence-corrected chi connectivity index (χ0v) is 11.5. The molecule has 0 unspecified atom stereocenters. The molecule has 0 amide bonds. The summed E-state index contributed by atoms with van der Waals surface area (Å²) in [6.07, 6.45) is 0.617. The monoisotopic (exact) mass is 285 g/mol. The Bertz CT molecular complexity index is 653. The Hall–Kier alpha value is -2.82. The third kappa shape index (κ3) is 3.39. The Kier molecular flexibility index (Phi) is 4.56. The number of esters is 1. The van der Waals surface area contributed by atoms with Crippen LogP contribution in [0, 0.1) is 0 Å². The number of nitrogens with two attached hydrogens (primary N) is 1. The second kappa shape index (κ2) is 6.56. The summed E-state index contributed by atoms with van der Waals surface area (Å²) in [5.74, 6) is -0.260. The van der Waals surface area contributed by atoms with Crippen molar-refractivity contribution in [1.82, 2.24) is 0 Å². The van der Waals surface area contributed by atoms with Crippen molar-refractivity contribution in [2.75, 3.05) is 12.8 Å². The van der Waals surface area contributed by atoms with Crippen molar-refractivity contribution < 1.29 is 19.1 Å². The molecule has 2 aromatic rings. The number of hydrogen-bond acceptors (Lipinski definition) is 5. The lowest BCUT2D eigenvalue weighted by molar-refractivity contribution is 0.0602. The summed E-state index contributed by atoms with van der Waals surface area (Å²) in [7, 11) is 1.25. The number of nitrogen functional groups attached to an aromatic ring is 1. The van der Waals surface area contributed by atoms with Gasteiger partial charge in [0, 0.05) is 11.8 Å². The molecule has 21 heavy (non-hydrogen) atoms. The minimum Gasteiger partial charge on any atom is -0.488 e. The maximum absolute atomic E-state index is 11.5. The van der Waals surface area contributed by atoms with E-state index in [1.54, 1.807) is 0 Å². The van der Waals surface area contributed by atoms with Crippen LogP contribution in [0.2, 0.25) is 0 Å². The number of carbonyl (C=O) groups excluding carboxylic acids is 2. The molecule has 0 spiro atoms. The second-order valence-electron chi connectivity index (χ2n) is 4.36. The molecule has 0 aromatic heterocycles. The van der Waals surface area contributed by atoms with Gasteiger partial charge in [0.05, 0.1) is 18.2 Å². The van der Waals surface area contributed by atoms with Gasteiger partial charge in [0.2, 0.25) is 0 Å². The smallest absolute Gasteiger partial charge is 0.339 e. The molecule has 0 fully saturated rings. The van der Waals surface area contributed by atoms with Crippen LogP contribution in [0.4, 0.5) is 5.69 Å². The molecule has 0 heterocycles. The first kappa shape index (κ1) is 14.6. The van der Waals surface area contributed by atoms with E-state index >= 15 is 0 Å². The Balaban J connectivity index is 2.25. The number of aldehydes is 1. The van der Waals surface area contributed by atoms with Crippen molar-refractivity contribution in [3.8, 4) is 5.75 Å². The molecule has 0 aliphatic carbocycles. The van der Waals surface area contributed by atoms with E-state index in [1.807, 2.05) is 30.3 Å². The highest BCUT2D eigenvalue weighted by Crippen LogP contribution is 2.26. The molecule has 5 heteroatoms. The molecule has 2 N–H and O–H groups in total.